The van der Waals surface area contributed by atoms with Crippen molar-refractivity contribution in [3.63, 3.8) is 0 Å². The van der Waals surface area contributed by atoms with Gasteiger partial charge in [0, 0.05) is 11.4 Å². The molecule has 0 atom stereocenters. The molecule has 0 fully saturated rings. The molecular formula is C18H18N2O2S. The maximum absolute atomic E-state index is 12.2. The van der Waals surface area contributed by atoms with Crippen LogP contribution in [0.3, 0.4) is 0 Å². The third-order valence-electron chi connectivity index (χ3n) is 3.72. The Morgan fingerprint density at radius 1 is 1.17 bits per heavy atom. The Morgan fingerprint density at radius 3 is 2.70 bits per heavy atom. The van der Waals surface area contributed by atoms with Crippen LogP contribution in [0.25, 0.3) is 0 Å². The monoisotopic (exact) mass is 326 g/mol. The predicted molar refractivity (Wildman–Crippen MR) is 92.5 cm³/mol. The Morgan fingerprint density at radius 2 is 1.91 bits per heavy atom. The van der Waals surface area contributed by atoms with Gasteiger partial charge in [0.05, 0.1) is 11.4 Å². The van der Waals surface area contributed by atoms with Gasteiger partial charge in [0.2, 0.25) is 11.8 Å². The number of fused-ring (bicyclic) bond motifs is 1. The number of rotatable bonds is 4. The summed E-state index contributed by atoms with van der Waals surface area (Å²) in [6, 6.07) is 15.7. The molecule has 5 heteroatoms. The molecule has 118 valence electrons. The van der Waals surface area contributed by atoms with Crippen molar-refractivity contribution in [2.24, 2.45) is 0 Å². The molecule has 0 saturated heterocycles. The lowest BCUT2D eigenvalue weighted by Crippen LogP contribution is -2.43. The minimum atomic E-state index is -0.152. The zero-order valence-electron chi connectivity index (χ0n) is 12.9. The molecule has 0 spiro atoms. The van der Waals surface area contributed by atoms with Crippen molar-refractivity contribution in [3.8, 4) is 0 Å². The highest BCUT2D eigenvalue weighted by Crippen LogP contribution is 2.34. The summed E-state index contributed by atoms with van der Waals surface area (Å²) in [6.45, 7) is 2.56. The third kappa shape index (κ3) is 3.74. The quantitative estimate of drug-likeness (QED) is 0.940. The van der Waals surface area contributed by atoms with Crippen LogP contribution >= 0.6 is 11.8 Å². The van der Waals surface area contributed by atoms with Crippen molar-refractivity contribution >= 4 is 29.3 Å². The second kappa shape index (κ2) is 6.87. The summed E-state index contributed by atoms with van der Waals surface area (Å²) in [4.78, 5) is 26.9. The Bertz CT molecular complexity index is 728. The highest BCUT2D eigenvalue weighted by molar-refractivity contribution is 8.00. The normalized spacial score (nSPS) is 13.6. The van der Waals surface area contributed by atoms with E-state index in [1.807, 2.05) is 55.5 Å². The van der Waals surface area contributed by atoms with Gasteiger partial charge in [-0.15, -0.1) is 11.8 Å². The van der Waals surface area contributed by atoms with Gasteiger partial charge >= 0.3 is 0 Å². The number of amides is 2. The molecule has 0 aliphatic carbocycles. The van der Waals surface area contributed by atoms with E-state index in [-0.39, 0.29) is 18.4 Å². The highest BCUT2D eigenvalue weighted by atomic mass is 32.2. The van der Waals surface area contributed by atoms with Crippen LogP contribution in [0.4, 0.5) is 5.69 Å². The zero-order valence-corrected chi connectivity index (χ0v) is 13.7. The molecule has 1 aliphatic heterocycles. The van der Waals surface area contributed by atoms with E-state index >= 15 is 0 Å². The van der Waals surface area contributed by atoms with Gasteiger partial charge in [0.1, 0.15) is 6.54 Å². The Hall–Kier alpha value is -2.27. The number of thioether (sulfide) groups is 1. The molecule has 0 unspecified atom stereocenters. The lowest BCUT2D eigenvalue weighted by molar-refractivity contribution is -0.123. The van der Waals surface area contributed by atoms with Gasteiger partial charge < -0.3 is 10.2 Å². The van der Waals surface area contributed by atoms with Crippen molar-refractivity contribution < 1.29 is 9.59 Å². The van der Waals surface area contributed by atoms with Crippen LogP contribution in [-0.2, 0) is 16.1 Å². The summed E-state index contributed by atoms with van der Waals surface area (Å²) in [5.41, 5.74) is 3.05. The van der Waals surface area contributed by atoms with Crippen molar-refractivity contribution in [3.05, 3.63) is 59.7 Å². The number of para-hydroxylation sites is 1. The minimum Gasteiger partial charge on any atom is -0.350 e. The summed E-state index contributed by atoms with van der Waals surface area (Å²) >= 11 is 1.52. The van der Waals surface area contributed by atoms with Gasteiger partial charge in [-0.25, -0.2) is 0 Å². The van der Waals surface area contributed by atoms with Gasteiger partial charge in [0.15, 0.2) is 0 Å². The topological polar surface area (TPSA) is 49.4 Å². The van der Waals surface area contributed by atoms with E-state index in [4.69, 9.17) is 0 Å². The van der Waals surface area contributed by atoms with Crippen molar-refractivity contribution in [2.45, 2.75) is 18.4 Å². The number of carbonyl (C=O) groups is 2. The number of hydrogen-bond acceptors (Lipinski definition) is 3. The van der Waals surface area contributed by atoms with E-state index in [0.717, 1.165) is 16.1 Å². The Labute approximate surface area is 139 Å². The Kier molecular flexibility index (Phi) is 4.67. The number of anilines is 1. The number of nitrogens with one attached hydrogen (secondary N) is 1. The van der Waals surface area contributed by atoms with Crippen molar-refractivity contribution in [1.82, 2.24) is 5.32 Å². The fourth-order valence-corrected chi connectivity index (χ4v) is 3.37. The summed E-state index contributed by atoms with van der Waals surface area (Å²) in [5, 5.41) is 2.88. The number of carbonyl (C=O) groups excluding carboxylic acids is 2. The molecule has 0 bridgehead atoms. The standard InChI is InChI=1S/C18H18N2O2S/c1-13-6-8-14(9-7-13)10-19-17(21)11-20-15-4-2-3-5-16(15)23-12-18(20)22/h2-9H,10-12H2,1H3,(H,19,21). The number of benzene rings is 2. The smallest absolute Gasteiger partial charge is 0.240 e. The second-order valence-corrected chi connectivity index (χ2v) is 6.52. The molecule has 2 aromatic rings. The molecule has 3 rings (SSSR count). The lowest BCUT2D eigenvalue weighted by atomic mass is 10.1. The van der Waals surface area contributed by atoms with Crippen LogP contribution in [0.2, 0.25) is 0 Å². The predicted octanol–water partition coefficient (Wildman–Crippen LogP) is 2.75. The van der Waals surface area contributed by atoms with E-state index < -0.39 is 0 Å². The zero-order chi connectivity index (χ0) is 16.2. The molecule has 2 aromatic carbocycles. The van der Waals surface area contributed by atoms with Crippen LogP contribution in [0, 0.1) is 6.92 Å². The molecule has 0 saturated carbocycles. The maximum atomic E-state index is 12.2. The van der Waals surface area contributed by atoms with Gasteiger partial charge in [-0.1, -0.05) is 42.0 Å². The van der Waals surface area contributed by atoms with E-state index in [9.17, 15) is 9.59 Å². The van der Waals surface area contributed by atoms with Crippen LogP contribution in [0.15, 0.2) is 53.4 Å². The summed E-state index contributed by atoms with van der Waals surface area (Å²) in [6.07, 6.45) is 0. The van der Waals surface area contributed by atoms with Crippen molar-refractivity contribution in [1.29, 1.82) is 0 Å². The first-order valence-electron chi connectivity index (χ1n) is 7.48. The SMILES string of the molecule is Cc1ccc(CNC(=O)CN2C(=O)CSc3ccccc32)cc1. The lowest BCUT2D eigenvalue weighted by Gasteiger charge is -2.28. The van der Waals surface area contributed by atoms with E-state index in [1.54, 1.807) is 4.90 Å². The molecule has 1 N–H and O–H groups in total. The first-order chi connectivity index (χ1) is 11.1. The fraction of sp³-hybridized carbons (Fsp3) is 0.222. The van der Waals surface area contributed by atoms with Gasteiger partial charge in [-0.05, 0) is 24.6 Å². The van der Waals surface area contributed by atoms with Crippen LogP contribution in [-0.4, -0.2) is 24.1 Å². The Balaban J connectivity index is 1.63. The van der Waals surface area contributed by atoms with Gasteiger partial charge in [0.25, 0.3) is 0 Å². The molecule has 1 aliphatic rings. The maximum Gasteiger partial charge on any atom is 0.240 e. The average Bonchev–Trinajstić information content (AvgIpc) is 2.57. The van der Waals surface area contributed by atoms with Crippen LogP contribution < -0.4 is 10.2 Å². The van der Waals surface area contributed by atoms with Crippen LogP contribution in [0.1, 0.15) is 11.1 Å². The first kappa shape index (κ1) is 15.6. The molecule has 23 heavy (non-hydrogen) atoms. The molecule has 4 nitrogen and oxygen atoms in total. The third-order valence-corrected chi connectivity index (χ3v) is 4.77. The molecule has 1 heterocycles. The summed E-state index contributed by atoms with van der Waals surface area (Å²) < 4.78 is 0. The summed E-state index contributed by atoms with van der Waals surface area (Å²) in [7, 11) is 0. The van der Waals surface area contributed by atoms with Crippen molar-refractivity contribution in [2.75, 3.05) is 17.2 Å². The largest absolute Gasteiger partial charge is 0.350 e. The number of hydrogen-bond donors (Lipinski definition) is 1. The van der Waals surface area contributed by atoms with E-state index in [1.165, 1.54) is 17.3 Å². The molecule has 0 radical (unpaired) electrons. The average molecular weight is 326 g/mol. The number of aryl methyl sites for hydroxylation is 1. The van der Waals surface area contributed by atoms with Gasteiger partial charge in [-0.3, -0.25) is 9.59 Å². The van der Waals surface area contributed by atoms with Crippen LogP contribution in [0.5, 0.6) is 0 Å². The fourth-order valence-electron chi connectivity index (χ4n) is 2.43. The first-order valence-corrected chi connectivity index (χ1v) is 8.46. The molecular weight excluding hydrogens is 308 g/mol. The van der Waals surface area contributed by atoms with Gasteiger partial charge in [-0.2, -0.15) is 0 Å². The van der Waals surface area contributed by atoms with E-state index in [2.05, 4.69) is 5.32 Å². The molecule has 2 amide bonds. The second-order valence-electron chi connectivity index (χ2n) is 5.50. The molecule has 0 aromatic heterocycles. The summed E-state index contributed by atoms with van der Waals surface area (Å²) in [5.74, 6) is 0.197. The highest BCUT2D eigenvalue weighted by Gasteiger charge is 2.25. The minimum absolute atomic E-state index is 0.0285. The van der Waals surface area contributed by atoms with E-state index in [0.29, 0.717) is 12.3 Å². The number of nitrogens with zero attached hydrogens (tertiary/aromatic N) is 1.